The number of benzene rings is 2. The van der Waals surface area contributed by atoms with Crippen LogP contribution in [0.15, 0.2) is 30.5 Å². The smallest absolute Gasteiger partial charge is 0.401 e. The van der Waals surface area contributed by atoms with Crippen LogP contribution in [0.1, 0.15) is 36.1 Å². The Morgan fingerprint density at radius 1 is 1.21 bits per heavy atom. The number of likely N-dealkylation sites (tertiary alicyclic amines) is 1. The Kier molecular flexibility index (Phi) is 7.64. The zero-order valence-electron chi connectivity index (χ0n) is 21.0. The Morgan fingerprint density at radius 2 is 1.97 bits per heavy atom. The van der Waals surface area contributed by atoms with Crippen molar-refractivity contribution in [2.75, 3.05) is 38.2 Å². The quantitative estimate of drug-likeness (QED) is 0.332. The third kappa shape index (κ3) is 5.79. The molecule has 1 saturated heterocycles. The number of fused-ring (bicyclic) bond motifs is 3. The molecule has 39 heavy (non-hydrogen) atoms. The van der Waals surface area contributed by atoms with E-state index in [4.69, 9.17) is 4.74 Å². The lowest BCUT2D eigenvalue weighted by atomic mass is 9.83. The second kappa shape index (κ2) is 10.8. The van der Waals surface area contributed by atoms with E-state index in [9.17, 15) is 26.3 Å². The molecule has 0 aliphatic carbocycles. The second-order valence-electron chi connectivity index (χ2n) is 10.1. The molecule has 212 valence electrons. The molecule has 5 rings (SSSR count). The van der Waals surface area contributed by atoms with E-state index in [0.29, 0.717) is 48.1 Å². The summed E-state index contributed by atoms with van der Waals surface area (Å²) in [6, 6.07) is 3.34. The summed E-state index contributed by atoms with van der Waals surface area (Å²) in [5, 5.41) is 10.6. The number of aromatic nitrogens is 2. The van der Waals surface area contributed by atoms with E-state index >= 15 is 4.39 Å². The Hall–Kier alpha value is -3.06. The van der Waals surface area contributed by atoms with Crippen LogP contribution in [0.4, 0.5) is 36.4 Å². The van der Waals surface area contributed by atoms with Crippen LogP contribution < -0.4 is 10.1 Å². The first-order chi connectivity index (χ1) is 18.5. The Labute approximate surface area is 220 Å². The Balaban J connectivity index is 1.56. The zero-order valence-corrected chi connectivity index (χ0v) is 21.0. The largest absolute Gasteiger partial charge is 0.434 e. The van der Waals surface area contributed by atoms with Crippen molar-refractivity contribution in [2.45, 2.75) is 50.7 Å². The molecule has 2 aliphatic heterocycles. The van der Waals surface area contributed by atoms with E-state index in [-0.39, 0.29) is 23.7 Å². The van der Waals surface area contributed by atoms with Crippen LogP contribution in [0.25, 0.3) is 10.9 Å². The average Bonchev–Trinajstić information content (AvgIpc) is 3.30. The highest BCUT2D eigenvalue weighted by Gasteiger charge is 2.43. The third-order valence-corrected chi connectivity index (χ3v) is 7.34. The highest BCUT2D eigenvalue weighted by molar-refractivity contribution is 5.84. The molecular weight excluding hydrogens is 531 g/mol. The zero-order chi connectivity index (χ0) is 27.9. The maximum atomic E-state index is 15.9. The van der Waals surface area contributed by atoms with Gasteiger partial charge in [0.25, 0.3) is 0 Å². The van der Waals surface area contributed by atoms with Gasteiger partial charge in [0.1, 0.15) is 11.6 Å². The van der Waals surface area contributed by atoms with Gasteiger partial charge in [-0.15, -0.1) is 0 Å². The minimum Gasteiger partial charge on any atom is -0.434 e. The molecule has 2 aromatic carbocycles. The van der Waals surface area contributed by atoms with Crippen LogP contribution in [0, 0.1) is 5.82 Å². The highest BCUT2D eigenvalue weighted by atomic mass is 19.4. The predicted molar refractivity (Wildman–Crippen MR) is 131 cm³/mol. The Morgan fingerprint density at radius 3 is 2.67 bits per heavy atom. The number of nitrogens with one attached hydrogen (secondary N) is 2. The van der Waals surface area contributed by atoms with Gasteiger partial charge in [0.15, 0.2) is 0 Å². The summed E-state index contributed by atoms with van der Waals surface area (Å²) in [7, 11) is 0. The number of hydrogen-bond donors (Lipinski definition) is 2. The van der Waals surface area contributed by atoms with Crippen molar-refractivity contribution < 1.29 is 35.5 Å². The van der Waals surface area contributed by atoms with Crippen LogP contribution in [-0.4, -0.2) is 77.7 Å². The molecule has 6 nitrogen and oxygen atoms in total. The molecular formula is C26H28F7N5O. The molecule has 0 saturated carbocycles. The van der Waals surface area contributed by atoms with Gasteiger partial charge in [-0.05, 0) is 43.0 Å². The van der Waals surface area contributed by atoms with E-state index in [1.807, 2.05) is 4.90 Å². The van der Waals surface area contributed by atoms with Gasteiger partial charge in [0.2, 0.25) is 0 Å². The molecule has 1 fully saturated rings. The summed E-state index contributed by atoms with van der Waals surface area (Å²) in [5.41, 5.74) is 1.48. The summed E-state index contributed by atoms with van der Waals surface area (Å²) in [6.07, 6.45) is -2.45. The lowest BCUT2D eigenvalue weighted by Gasteiger charge is -2.43. The van der Waals surface area contributed by atoms with Crippen LogP contribution >= 0.6 is 0 Å². The van der Waals surface area contributed by atoms with E-state index < -0.39 is 49.7 Å². The van der Waals surface area contributed by atoms with Gasteiger partial charge < -0.3 is 10.1 Å². The highest BCUT2D eigenvalue weighted by Crippen LogP contribution is 2.46. The van der Waals surface area contributed by atoms with Gasteiger partial charge in [-0.25, -0.2) is 4.39 Å². The van der Waals surface area contributed by atoms with Crippen LogP contribution in [0.3, 0.4) is 0 Å². The van der Waals surface area contributed by atoms with Crippen molar-refractivity contribution in [1.29, 1.82) is 0 Å². The molecule has 1 aromatic heterocycles. The fraction of sp³-hybridized carbons (Fsp3) is 0.500. The maximum Gasteiger partial charge on any atom is 0.401 e. The monoisotopic (exact) mass is 559 g/mol. The summed E-state index contributed by atoms with van der Waals surface area (Å²) in [6.45, 7) is -1.86. The molecule has 3 heterocycles. The first kappa shape index (κ1) is 27.5. The van der Waals surface area contributed by atoms with Crippen molar-refractivity contribution in [2.24, 2.45) is 0 Å². The number of hydrogen-bond acceptors (Lipinski definition) is 5. The van der Waals surface area contributed by atoms with Gasteiger partial charge in [-0.2, -0.15) is 27.1 Å². The minimum atomic E-state index is -4.62. The molecule has 0 radical (unpaired) electrons. The summed E-state index contributed by atoms with van der Waals surface area (Å²) >= 11 is 0. The number of ether oxygens (including phenoxy) is 1. The lowest BCUT2D eigenvalue weighted by molar-refractivity contribution is -0.155. The third-order valence-electron chi connectivity index (χ3n) is 7.34. The minimum absolute atomic E-state index is 0.124. The number of alkyl halides is 6. The van der Waals surface area contributed by atoms with Gasteiger partial charge >= 0.3 is 12.8 Å². The van der Waals surface area contributed by atoms with Crippen LogP contribution in [0.5, 0.6) is 5.75 Å². The normalized spacial score (nSPS) is 20.8. The first-order valence-corrected chi connectivity index (χ1v) is 12.6. The molecule has 0 bridgehead atoms. The van der Waals surface area contributed by atoms with Gasteiger partial charge in [-0.1, -0.05) is 6.07 Å². The van der Waals surface area contributed by atoms with E-state index in [1.165, 1.54) is 6.07 Å². The standard InChI is InChI=1S/C26H28F7N5O/c1-14-7-18-17(3-4-21-19(18)10-34-36-21)24(38(14)13-26(31,32)33)23-20(28)8-15(9-22(23)39-25(29)30)35-16-11-37(12-16)6-2-5-27/h3-4,8-10,14,16,24-25,35H,2,5-7,11-13H2,1H3,(H,34,36)/t14-,24+/m1/s1. The number of halogens is 7. The fourth-order valence-electron chi connectivity index (χ4n) is 5.70. The van der Waals surface area contributed by atoms with Crippen molar-refractivity contribution in [1.82, 2.24) is 20.0 Å². The van der Waals surface area contributed by atoms with E-state index in [0.717, 1.165) is 11.0 Å². The first-order valence-electron chi connectivity index (χ1n) is 12.6. The van der Waals surface area contributed by atoms with Crippen molar-refractivity contribution >= 4 is 16.6 Å². The number of aromatic amines is 1. The maximum absolute atomic E-state index is 15.9. The lowest BCUT2D eigenvalue weighted by Crippen LogP contribution is -2.54. The molecule has 0 spiro atoms. The molecule has 2 N–H and O–H groups in total. The number of nitrogens with zero attached hydrogens (tertiary/aromatic N) is 3. The number of H-pyrrole nitrogens is 1. The van der Waals surface area contributed by atoms with Gasteiger partial charge in [0.05, 0.1) is 42.6 Å². The summed E-state index contributed by atoms with van der Waals surface area (Å²) in [5.74, 6) is -1.50. The molecule has 13 heteroatoms. The second-order valence-corrected chi connectivity index (χ2v) is 10.1. The van der Waals surface area contributed by atoms with Crippen LogP contribution in [-0.2, 0) is 6.42 Å². The summed E-state index contributed by atoms with van der Waals surface area (Å²) < 4.78 is 101. The van der Waals surface area contributed by atoms with Gasteiger partial charge in [-0.3, -0.25) is 19.3 Å². The topological polar surface area (TPSA) is 56.4 Å². The Bertz CT molecular complexity index is 1310. The predicted octanol–water partition coefficient (Wildman–Crippen LogP) is 5.66. The molecule has 0 amide bonds. The fourth-order valence-corrected chi connectivity index (χ4v) is 5.70. The molecule has 2 atom stereocenters. The number of anilines is 1. The van der Waals surface area contributed by atoms with Crippen molar-refractivity contribution in [3.05, 3.63) is 53.0 Å². The van der Waals surface area contributed by atoms with Crippen molar-refractivity contribution in [3.63, 3.8) is 0 Å². The van der Waals surface area contributed by atoms with Crippen LogP contribution in [0.2, 0.25) is 0 Å². The van der Waals surface area contributed by atoms with E-state index in [2.05, 4.69) is 15.5 Å². The van der Waals surface area contributed by atoms with E-state index in [1.54, 1.807) is 25.3 Å². The molecule has 2 aliphatic rings. The SMILES string of the molecule is C[C@@H]1Cc2c(ccc3[nH]ncc23)[C@@H](c2c(F)cc(NC3CN(CCCF)C3)cc2OC(F)F)N1CC(F)(F)F. The number of rotatable bonds is 9. The molecule has 0 unspecified atom stereocenters. The van der Waals surface area contributed by atoms with Crippen molar-refractivity contribution in [3.8, 4) is 5.75 Å². The molecule has 3 aromatic rings. The van der Waals surface area contributed by atoms with Gasteiger partial charge in [0, 0.05) is 42.8 Å². The average molecular weight is 560 g/mol. The summed E-state index contributed by atoms with van der Waals surface area (Å²) in [4.78, 5) is 3.07.